The van der Waals surface area contributed by atoms with Gasteiger partial charge < -0.3 is 14.8 Å². The quantitative estimate of drug-likeness (QED) is 0.530. The predicted octanol–water partition coefficient (Wildman–Crippen LogP) is 4.15. The number of nitrogens with one attached hydrogen (secondary N) is 1. The van der Waals surface area contributed by atoms with E-state index in [-0.39, 0.29) is 5.91 Å². The lowest BCUT2D eigenvalue weighted by atomic mass is 10.1. The van der Waals surface area contributed by atoms with E-state index in [1.165, 1.54) is 6.08 Å². The van der Waals surface area contributed by atoms with E-state index in [0.29, 0.717) is 22.9 Å². The maximum atomic E-state index is 12.3. The Morgan fingerprint density at radius 3 is 2.62 bits per heavy atom. The lowest BCUT2D eigenvalue weighted by Gasteiger charge is -2.09. The van der Waals surface area contributed by atoms with Crippen molar-refractivity contribution in [2.45, 2.75) is 0 Å². The monoisotopic (exact) mass is 384 g/mol. The van der Waals surface area contributed by atoms with Crippen molar-refractivity contribution in [2.75, 3.05) is 19.5 Å². The zero-order chi connectivity index (χ0) is 20.5. The Labute approximate surface area is 170 Å². The van der Waals surface area contributed by atoms with Crippen molar-refractivity contribution in [3.63, 3.8) is 0 Å². The number of amides is 1. The van der Waals surface area contributed by atoms with Crippen molar-refractivity contribution in [2.24, 2.45) is 0 Å². The summed E-state index contributed by atoms with van der Waals surface area (Å²) in [4.78, 5) is 16.5. The predicted molar refractivity (Wildman–Crippen MR) is 114 cm³/mol. The van der Waals surface area contributed by atoms with Gasteiger partial charge in [0.1, 0.15) is 5.69 Å². The van der Waals surface area contributed by atoms with Crippen LogP contribution in [0.3, 0.4) is 0 Å². The molecule has 0 aliphatic rings. The second kappa shape index (κ2) is 9.77. The molecule has 1 aromatic heterocycles. The Morgan fingerprint density at radius 2 is 1.86 bits per heavy atom. The summed E-state index contributed by atoms with van der Waals surface area (Å²) in [5.74, 6) is 6.97. The molecule has 0 unspecified atom stereocenters. The van der Waals surface area contributed by atoms with Gasteiger partial charge in [-0.1, -0.05) is 30.2 Å². The third-order valence-corrected chi connectivity index (χ3v) is 3.98. The molecule has 0 saturated carbocycles. The fraction of sp³-hybridized carbons (Fsp3) is 0.0833. The smallest absolute Gasteiger partial charge is 0.248 e. The van der Waals surface area contributed by atoms with Crippen LogP contribution in [-0.2, 0) is 4.79 Å². The molecule has 5 heteroatoms. The van der Waals surface area contributed by atoms with Gasteiger partial charge in [-0.25, -0.2) is 4.98 Å². The molecule has 1 N–H and O–H groups in total. The number of carbonyl (C=O) groups excluding carboxylic acids is 1. The molecule has 0 fully saturated rings. The average Bonchev–Trinajstić information content (AvgIpc) is 2.77. The maximum Gasteiger partial charge on any atom is 0.248 e. The van der Waals surface area contributed by atoms with Crippen LogP contribution in [0.15, 0.2) is 72.9 Å². The van der Waals surface area contributed by atoms with E-state index in [4.69, 9.17) is 9.47 Å². The summed E-state index contributed by atoms with van der Waals surface area (Å²) >= 11 is 0. The zero-order valence-electron chi connectivity index (χ0n) is 16.2. The average molecular weight is 384 g/mol. The second-order valence-corrected chi connectivity index (χ2v) is 5.95. The molecule has 29 heavy (non-hydrogen) atoms. The van der Waals surface area contributed by atoms with Crippen LogP contribution in [-0.4, -0.2) is 25.1 Å². The first-order valence-corrected chi connectivity index (χ1v) is 8.93. The zero-order valence-corrected chi connectivity index (χ0v) is 16.2. The second-order valence-electron chi connectivity index (χ2n) is 5.95. The number of rotatable bonds is 5. The standard InChI is InChI=1S/C24H20N2O3/c1-28-22-11-6-8-19(24(22)29-2)13-15-23(27)26-21-10-5-7-18(17-21)12-14-20-9-3-4-16-25-20/h3-11,13,15-17H,1-2H3,(H,26,27)/b15-13+. The molecule has 0 radical (unpaired) electrons. The third-order valence-electron chi connectivity index (χ3n) is 3.98. The van der Waals surface area contributed by atoms with Gasteiger partial charge in [0.05, 0.1) is 14.2 Å². The molecule has 0 bridgehead atoms. The van der Waals surface area contributed by atoms with Crippen LogP contribution in [0.2, 0.25) is 0 Å². The minimum Gasteiger partial charge on any atom is -0.493 e. The molecule has 0 atom stereocenters. The van der Waals surface area contributed by atoms with Crippen molar-refractivity contribution < 1.29 is 14.3 Å². The maximum absolute atomic E-state index is 12.3. The van der Waals surface area contributed by atoms with Gasteiger partial charge >= 0.3 is 0 Å². The van der Waals surface area contributed by atoms with E-state index in [9.17, 15) is 4.79 Å². The summed E-state index contributed by atoms with van der Waals surface area (Å²) in [6.45, 7) is 0. The molecule has 0 spiro atoms. The van der Waals surface area contributed by atoms with E-state index in [2.05, 4.69) is 22.1 Å². The Kier molecular flexibility index (Phi) is 6.64. The third kappa shape index (κ3) is 5.47. The minimum absolute atomic E-state index is 0.260. The van der Waals surface area contributed by atoms with E-state index in [1.54, 1.807) is 32.6 Å². The molecule has 1 amide bonds. The van der Waals surface area contributed by atoms with Crippen LogP contribution >= 0.6 is 0 Å². The van der Waals surface area contributed by atoms with Gasteiger partial charge in [0.25, 0.3) is 0 Å². The summed E-state index contributed by atoms with van der Waals surface area (Å²) < 4.78 is 10.6. The number of aromatic nitrogens is 1. The number of hydrogen-bond acceptors (Lipinski definition) is 4. The normalized spacial score (nSPS) is 10.1. The Balaban J connectivity index is 1.70. The first-order chi connectivity index (χ1) is 14.2. The summed E-state index contributed by atoms with van der Waals surface area (Å²) in [5, 5.41) is 2.84. The lowest BCUT2D eigenvalue weighted by Crippen LogP contribution is -2.07. The summed E-state index contributed by atoms with van der Waals surface area (Å²) in [6, 6.07) is 18.4. The highest BCUT2D eigenvalue weighted by molar-refractivity contribution is 6.02. The largest absolute Gasteiger partial charge is 0.493 e. The SMILES string of the molecule is COc1cccc(/C=C/C(=O)Nc2cccc(C#Cc3ccccn3)c2)c1OC. The molecule has 0 aliphatic heterocycles. The highest BCUT2D eigenvalue weighted by Crippen LogP contribution is 2.31. The van der Waals surface area contributed by atoms with E-state index < -0.39 is 0 Å². The van der Waals surface area contributed by atoms with Gasteiger partial charge in [-0.15, -0.1) is 0 Å². The number of pyridine rings is 1. The van der Waals surface area contributed by atoms with Crippen molar-refractivity contribution in [1.82, 2.24) is 4.98 Å². The number of nitrogens with zero attached hydrogens (tertiary/aromatic N) is 1. The molecule has 5 nitrogen and oxygen atoms in total. The van der Waals surface area contributed by atoms with Crippen LogP contribution in [0, 0.1) is 11.8 Å². The highest BCUT2D eigenvalue weighted by atomic mass is 16.5. The number of anilines is 1. The molecule has 3 aromatic rings. The van der Waals surface area contributed by atoms with Crippen LogP contribution in [0.4, 0.5) is 5.69 Å². The molecule has 3 rings (SSSR count). The van der Waals surface area contributed by atoms with Gasteiger partial charge in [-0.05, 0) is 48.4 Å². The van der Waals surface area contributed by atoms with Crippen molar-refractivity contribution in [1.29, 1.82) is 0 Å². The number of hydrogen-bond donors (Lipinski definition) is 1. The van der Waals surface area contributed by atoms with Gasteiger partial charge in [0.2, 0.25) is 5.91 Å². The number of benzene rings is 2. The Bertz CT molecular complexity index is 1080. The fourth-order valence-corrected chi connectivity index (χ4v) is 2.64. The molecule has 0 aliphatic carbocycles. The number of carbonyl (C=O) groups is 1. The first kappa shape index (κ1) is 19.7. The summed E-state index contributed by atoms with van der Waals surface area (Å²) in [7, 11) is 3.13. The van der Waals surface area contributed by atoms with Crippen molar-refractivity contribution in [3.05, 3.63) is 89.8 Å². The molecular weight excluding hydrogens is 364 g/mol. The van der Waals surface area contributed by atoms with Gasteiger partial charge in [-0.3, -0.25) is 4.79 Å². The van der Waals surface area contributed by atoms with E-state index in [1.807, 2.05) is 54.6 Å². The van der Waals surface area contributed by atoms with E-state index >= 15 is 0 Å². The van der Waals surface area contributed by atoms with Gasteiger partial charge in [0, 0.05) is 29.1 Å². The Hall–Kier alpha value is -4.04. The molecule has 144 valence electrons. The van der Waals surface area contributed by atoms with E-state index in [0.717, 1.165) is 11.1 Å². The van der Waals surface area contributed by atoms with Crippen LogP contribution in [0.25, 0.3) is 6.08 Å². The van der Waals surface area contributed by atoms with Crippen molar-refractivity contribution in [3.8, 4) is 23.3 Å². The number of ether oxygens (including phenoxy) is 2. The van der Waals surface area contributed by atoms with Gasteiger partial charge in [-0.2, -0.15) is 0 Å². The molecular formula is C24H20N2O3. The Morgan fingerprint density at radius 1 is 1.00 bits per heavy atom. The van der Waals surface area contributed by atoms with Crippen LogP contribution in [0.5, 0.6) is 11.5 Å². The van der Waals surface area contributed by atoms with Crippen molar-refractivity contribution >= 4 is 17.7 Å². The van der Waals surface area contributed by atoms with Crippen LogP contribution < -0.4 is 14.8 Å². The number of para-hydroxylation sites is 1. The molecule has 2 aromatic carbocycles. The minimum atomic E-state index is -0.260. The van der Waals surface area contributed by atoms with Crippen LogP contribution in [0.1, 0.15) is 16.8 Å². The summed E-state index contributed by atoms with van der Waals surface area (Å²) in [5.41, 5.74) is 2.88. The highest BCUT2D eigenvalue weighted by Gasteiger charge is 2.07. The summed E-state index contributed by atoms with van der Waals surface area (Å²) in [6.07, 6.45) is 4.83. The topological polar surface area (TPSA) is 60.5 Å². The van der Waals surface area contributed by atoms with Gasteiger partial charge in [0.15, 0.2) is 11.5 Å². The lowest BCUT2D eigenvalue weighted by molar-refractivity contribution is -0.111. The first-order valence-electron chi connectivity index (χ1n) is 8.93. The molecule has 1 heterocycles. The fourth-order valence-electron chi connectivity index (χ4n) is 2.64. The number of methoxy groups -OCH3 is 2. The molecule has 0 saturated heterocycles.